The molecule has 5 nitrogen and oxygen atoms in total. The summed E-state index contributed by atoms with van der Waals surface area (Å²) in [7, 11) is 1.60. The Kier molecular flexibility index (Phi) is 6.45. The minimum atomic E-state index is -0.264. The molecule has 0 saturated heterocycles. The molecule has 2 aromatic rings. The van der Waals surface area contributed by atoms with E-state index >= 15 is 0 Å². The predicted molar refractivity (Wildman–Crippen MR) is 83.1 cm³/mol. The molecule has 7 heteroatoms. The van der Waals surface area contributed by atoms with E-state index < -0.39 is 0 Å². The maximum atomic E-state index is 13.7. The van der Waals surface area contributed by atoms with Crippen LogP contribution in [0, 0.1) is 5.82 Å². The average Bonchev–Trinajstić information content (AvgIpc) is 2.93. The lowest BCUT2D eigenvalue weighted by Crippen LogP contribution is -2.27. The lowest BCUT2D eigenvalue weighted by Gasteiger charge is -2.04. The van der Waals surface area contributed by atoms with Gasteiger partial charge in [0.05, 0.1) is 19.7 Å². The van der Waals surface area contributed by atoms with E-state index in [4.69, 9.17) is 4.74 Å². The molecule has 0 aliphatic heterocycles. The topological polar surface area (TPSA) is 55.6 Å². The van der Waals surface area contributed by atoms with Gasteiger partial charge in [-0.15, -0.1) is 11.3 Å². The van der Waals surface area contributed by atoms with Crippen molar-refractivity contribution in [1.82, 2.24) is 9.88 Å². The van der Waals surface area contributed by atoms with E-state index in [1.165, 1.54) is 17.4 Å². The Hall–Kier alpha value is -1.83. The van der Waals surface area contributed by atoms with Crippen LogP contribution in [0.15, 0.2) is 40.8 Å². The largest absolute Gasteiger partial charge is 0.383 e. The summed E-state index contributed by atoms with van der Waals surface area (Å²) >= 11 is 1.35. The Morgan fingerprint density at radius 1 is 1.45 bits per heavy atom. The maximum absolute atomic E-state index is 13.7. The first-order chi connectivity index (χ1) is 10.7. The van der Waals surface area contributed by atoms with E-state index in [2.05, 4.69) is 10.3 Å². The van der Waals surface area contributed by atoms with Crippen LogP contribution in [0.1, 0.15) is 5.56 Å². The Balaban J connectivity index is 2.04. The summed E-state index contributed by atoms with van der Waals surface area (Å²) in [6.07, 6.45) is 1.79. The average molecular weight is 323 g/mol. The molecular weight excluding hydrogens is 305 g/mol. The van der Waals surface area contributed by atoms with E-state index in [1.807, 2.05) is 5.38 Å². The van der Waals surface area contributed by atoms with E-state index in [-0.39, 0.29) is 18.3 Å². The molecule has 1 N–H and O–H groups in total. The highest BCUT2D eigenvalue weighted by molar-refractivity contribution is 7.07. The van der Waals surface area contributed by atoms with Crippen molar-refractivity contribution in [3.63, 3.8) is 0 Å². The van der Waals surface area contributed by atoms with Gasteiger partial charge >= 0.3 is 0 Å². The second kappa shape index (κ2) is 8.57. The van der Waals surface area contributed by atoms with Crippen molar-refractivity contribution in [2.45, 2.75) is 6.54 Å². The van der Waals surface area contributed by atoms with Crippen LogP contribution in [-0.4, -0.2) is 37.3 Å². The summed E-state index contributed by atoms with van der Waals surface area (Å²) in [6, 6.07) is 6.58. The maximum Gasteiger partial charge on any atom is 0.262 e. The van der Waals surface area contributed by atoms with Crippen molar-refractivity contribution in [2.75, 3.05) is 26.8 Å². The summed E-state index contributed by atoms with van der Waals surface area (Å²) in [5.41, 5.74) is 0.563. The lowest BCUT2D eigenvalue weighted by atomic mass is 10.2. The molecule has 0 aliphatic rings. The smallest absolute Gasteiger partial charge is 0.262 e. The molecule has 0 spiro atoms. The van der Waals surface area contributed by atoms with Crippen molar-refractivity contribution >= 4 is 17.2 Å². The molecule has 0 fully saturated rings. The second-order valence-corrected chi connectivity index (χ2v) is 5.45. The first kappa shape index (κ1) is 16.5. The van der Waals surface area contributed by atoms with Crippen molar-refractivity contribution in [1.29, 1.82) is 0 Å². The van der Waals surface area contributed by atoms with Gasteiger partial charge in [0.1, 0.15) is 5.82 Å². The molecule has 0 unspecified atom stereocenters. The highest BCUT2D eigenvalue weighted by Gasteiger charge is 2.04. The third kappa shape index (κ3) is 4.87. The van der Waals surface area contributed by atoms with Gasteiger partial charge in [0, 0.05) is 30.8 Å². The quantitative estimate of drug-likeness (QED) is 0.784. The first-order valence-corrected chi connectivity index (χ1v) is 7.73. The standard InChI is InChI=1S/C15H18FN3O2S/c1-21-8-6-17-10-14(20)18-15-19(7-9-22-15)11-12-4-2-3-5-13(12)16/h2-5,7,9,17H,6,8,10-11H2,1H3. The molecular formula is C15H18FN3O2S. The fourth-order valence-electron chi connectivity index (χ4n) is 1.83. The zero-order valence-electron chi connectivity index (χ0n) is 12.3. The molecule has 0 radical (unpaired) electrons. The zero-order valence-corrected chi connectivity index (χ0v) is 13.1. The number of nitrogens with one attached hydrogen (secondary N) is 1. The number of thiazole rings is 1. The number of amides is 1. The minimum absolute atomic E-state index is 0.154. The Bertz CT molecular complexity index is 681. The third-order valence-electron chi connectivity index (χ3n) is 2.94. The predicted octanol–water partition coefficient (Wildman–Crippen LogP) is 1.40. The van der Waals surface area contributed by atoms with Gasteiger partial charge in [-0.25, -0.2) is 4.39 Å². The van der Waals surface area contributed by atoms with Crippen LogP contribution in [0.3, 0.4) is 0 Å². The van der Waals surface area contributed by atoms with E-state index in [1.54, 1.807) is 36.1 Å². The molecule has 0 atom stereocenters. The summed E-state index contributed by atoms with van der Waals surface area (Å²) in [5, 5.41) is 4.77. The van der Waals surface area contributed by atoms with Crippen LogP contribution in [0.5, 0.6) is 0 Å². The Morgan fingerprint density at radius 3 is 3.05 bits per heavy atom. The number of hydrogen-bond donors (Lipinski definition) is 1. The summed E-state index contributed by atoms with van der Waals surface area (Å²) in [4.78, 5) is 16.4. The molecule has 22 heavy (non-hydrogen) atoms. The number of hydrogen-bond acceptors (Lipinski definition) is 4. The third-order valence-corrected chi connectivity index (χ3v) is 3.73. The van der Waals surface area contributed by atoms with Gasteiger partial charge < -0.3 is 14.6 Å². The number of nitrogens with zero attached hydrogens (tertiary/aromatic N) is 2. The number of aromatic nitrogens is 1. The van der Waals surface area contributed by atoms with Gasteiger partial charge in [0.15, 0.2) is 4.80 Å². The van der Waals surface area contributed by atoms with E-state index in [0.29, 0.717) is 30.1 Å². The van der Waals surface area contributed by atoms with Crippen LogP contribution in [0.2, 0.25) is 0 Å². The Labute approximate surface area is 132 Å². The van der Waals surface area contributed by atoms with Gasteiger partial charge in [0.2, 0.25) is 0 Å². The first-order valence-electron chi connectivity index (χ1n) is 6.85. The second-order valence-electron chi connectivity index (χ2n) is 4.58. The lowest BCUT2D eigenvalue weighted by molar-refractivity contribution is -0.117. The molecule has 118 valence electrons. The number of carbonyl (C=O) groups excluding carboxylic acids is 1. The van der Waals surface area contributed by atoms with Crippen LogP contribution in [0.25, 0.3) is 0 Å². The van der Waals surface area contributed by atoms with Gasteiger partial charge in [-0.1, -0.05) is 18.2 Å². The number of rotatable bonds is 7. The number of halogens is 1. The van der Waals surface area contributed by atoms with Crippen LogP contribution >= 0.6 is 11.3 Å². The van der Waals surface area contributed by atoms with Crippen LogP contribution in [0.4, 0.5) is 4.39 Å². The number of methoxy groups -OCH3 is 1. The highest BCUT2D eigenvalue weighted by atomic mass is 32.1. The van der Waals surface area contributed by atoms with Crippen molar-refractivity contribution in [3.05, 3.63) is 52.0 Å². The van der Waals surface area contributed by atoms with Gasteiger partial charge in [-0.3, -0.25) is 4.79 Å². The molecule has 0 saturated carbocycles. The van der Waals surface area contributed by atoms with E-state index in [0.717, 1.165) is 0 Å². The fourth-order valence-corrected chi connectivity index (χ4v) is 2.58. The van der Waals surface area contributed by atoms with Crippen molar-refractivity contribution < 1.29 is 13.9 Å². The van der Waals surface area contributed by atoms with Crippen LogP contribution in [-0.2, 0) is 16.1 Å². The SMILES string of the molecule is COCCNCC(=O)N=c1sccn1Cc1ccccc1F. The van der Waals surface area contributed by atoms with Gasteiger partial charge in [0.25, 0.3) is 5.91 Å². The summed E-state index contributed by atoms with van der Waals surface area (Å²) in [5.74, 6) is -0.527. The molecule has 2 rings (SSSR count). The Morgan fingerprint density at radius 2 is 2.27 bits per heavy atom. The fraction of sp³-hybridized carbons (Fsp3) is 0.333. The number of ether oxygens (including phenoxy) is 1. The van der Waals surface area contributed by atoms with Crippen LogP contribution < -0.4 is 10.1 Å². The molecule has 0 bridgehead atoms. The normalized spacial score (nSPS) is 11.8. The monoisotopic (exact) mass is 323 g/mol. The summed E-state index contributed by atoms with van der Waals surface area (Å²) < 4.78 is 20.3. The number of carbonyl (C=O) groups is 1. The number of benzene rings is 1. The van der Waals surface area contributed by atoms with Gasteiger partial charge in [-0.05, 0) is 6.07 Å². The minimum Gasteiger partial charge on any atom is -0.383 e. The highest BCUT2D eigenvalue weighted by Crippen LogP contribution is 2.07. The van der Waals surface area contributed by atoms with Crippen molar-refractivity contribution in [2.24, 2.45) is 4.99 Å². The molecule has 0 aliphatic carbocycles. The van der Waals surface area contributed by atoms with Crippen molar-refractivity contribution in [3.8, 4) is 0 Å². The molecule has 1 aromatic carbocycles. The van der Waals surface area contributed by atoms with E-state index in [9.17, 15) is 9.18 Å². The molecule has 1 amide bonds. The molecule has 1 heterocycles. The summed E-state index contributed by atoms with van der Waals surface area (Å²) in [6.45, 7) is 1.64. The molecule has 1 aromatic heterocycles. The van der Waals surface area contributed by atoms with Gasteiger partial charge in [-0.2, -0.15) is 4.99 Å². The zero-order chi connectivity index (χ0) is 15.8.